The molecule has 0 atom stereocenters. The van der Waals surface area contributed by atoms with Gasteiger partial charge in [0.2, 0.25) is 0 Å². The van der Waals surface area contributed by atoms with E-state index in [2.05, 4.69) is 9.97 Å². The number of ether oxygens (including phenoxy) is 1. The van der Waals surface area contributed by atoms with Crippen LogP contribution in [-0.2, 0) is 0 Å². The van der Waals surface area contributed by atoms with Crippen LogP contribution in [0.15, 0.2) is 11.0 Å². The molecule has 0 unspecified atom stereocenters. The van der Waals surface area contributed by atoms with Gasteiger partial charge in [0.15, 0.2) is 0 Å². The zero-order valence-corrected chi connectivity index (χ0v) is 6.81. The maximum Gasteiger partial charge on any atom is 0.352 e. The second-order valence-corrected chi connectivity index (χ2v) is 2.09. The molecular weight excluding hydrogens is 178 g/mol. The van der Waals surface area contributed by atoms with E-state index in [-0.39, 0.29) is 6.01 Å². The number of nitro groups is 1. The monoisotopic (exact) mass is 185 g/mol. The predicted molar refractivity (Wildman–Crippen MR) is 42.7 cm³/mol. The van der Waals surface area contributed by atoms with Gasteiger partial charge in [-0.3, -0.25) is 19.9 Å². The van der Waals surface area contributed by atoms with Crippen molar-refractivity contribution in [2.24, 2.45) is 0 Å². The van der Waals surface area contributed by atoms with Crippen LogP contribution in [0.3, 0.4) is 0 Å². The van der Waals surface area contributed by atoms with Crippen LogP contribution in [0.1, 0.15) is 6.92 Å². The molecule has 1 rings (SSSR count). The van der Waals surface area contributed by atoms with E-state index < -0.39 is 16.2 Å². The van der Waals surface area contributed by atoms with Crippen molar-refractivity contribution in [3.8, 4) is 6.01 Å². The molecule has 0 aliphatic carbocycles. The van der Waals surface area contributed by atoms with Gasteiger partial charge in [0, 0.05) is 0 Å². The van der Waals surface area contributed by atoms with Gasteiger partial charge in [-0.05, 0) is 6.92 Å². The Morgan fingerprint density at radius 2 is 2.46 bits per heavy atom. The summed E-state index contributed by atoms with van der Waals surface area (Å²) in [6.07, 6.45) is 0.865. The van der Waals surface area contributed by atoms with Crippen molar-refractivity contribution in [2.75, 3.05) is 6.61 Å². The van der Waals surface area contributed by atoms with E-state index in [1.165, 1.54) is 0 Å². The highest BCUT2D eigenvalue weighted by atomic mass is 16.6. The van der Waals surface area contributed by atoms with E-state index >= 15 is 0 Å². The molecule has 7 heteroatoms. The molecule has 0 saturated carbocycles. The second-order valence-electron chi connectivity index (χ2n) is 2.09. The van der Waals surface area contributed by atoms with Gasteiger partial charge >= 0.3 is 11.2 Å². The summed E-state index contributed by atoms with van der Waals surface area (Å²) < 4.78 is 4.83. The fraction of sp³-hybridized carbons (Fsp3) is 0.333. The zero-order chi connectivity index (χ0) is 9.84. The smallest absolute Gasteiger partial charge is 0.352 e. The van der Waals surface area contributed by atoms with E-state index in [0.29, 0.717) is 6.61 Å². The van der Waals surface area contributed by atoms with Crippen LogP contribution in [0.25, 0.3) is 0 Å². The van der Waals surface area contributed by atoms with Gasteiger partial charge in [0.25, 0.3) is 6.01 Å². The van der Waals surface area contributed by atoms with Crippen LogP contribution in [0.2, 0.25) is 0 Å². The van der Waals surface area contributed by atoms with Gasteiger partial charge in [-0.15, -0.1) is 0 Å². The van der Waals surface area contributed by atoms with Gasteiger partial charge in [-0.1, -0.05) is 0 Å². The fourth-order valence-corrected chi connectivity index (χ4v) is 0.712. The summed E-state index contributed by atoms with van der Waals surface area (Å²) in [5, 5.41) is 10.2. The molecule has 0 amide bonds. The average molecular weight is 185 g/mol. The molecule has 1 aromatic rings. The molecule has 1 heterocycles. The van der Waals surface area contributed by atoms with Crippen molar-refractivity contribution >= 4 is 5.69 Å². The Balaban J connectivity index is 3.06. The quantitative estimate of drug-likeness (QED) is 0.531. The Labute approximate surface area is 72.5 Å². The average Bonchev–Trinajstić information content (AvgIpc) is 2.04. The topological polar surface area (TPSA) is 98.1 Å². The first kappa shape index (κ1) is 9.17. The Morgan fingerprint density at radius 1 is 1.77 bits per heavy atom. The normalized spacial score (nSPS) is 9.62. The Kier molecular flexibility index (Phi) is 2.58. The second kappa shape index (κ2) is 3.65. The number of aromatic amines is 1. The van der Waals surface area contributed by atoms with Crippen molar-refractivity contribution < 1.29 is 9.66 Å². The van der Waals surface area contributed by atoms with Gasteiger partial charge in [-0.2, -0.15) is 4.98 Å². The standard InChI is InChI=1S/C6H7N3O4/c1-2-13-6-7-3-4(9(11)12)5(10)8-6/h3H,2H2,1H3,(H,7,8,10). The molecule has 0 bridgehead atoms. The van der Waals surface area contributed by atoms with Crippen LogP contribution in [0.4, 0.5) is 5.69 Å². The molecule has 0 aromatic carbocycles. The van der Waals surface area contributed by atoms with E-state index in [1.807, 2.05) is 0 Å². The number of aromatic nitrogens is 2. The minimum atomic E-state index is -0.816. The minimum absolute atomic E-state index is 0.0156. The summed E-state index contributed by atoms with van der Waals surface area (Å²) in [5.74, 6) is 0. The lowest BCUT2D eigenvalue weighted by atomic mass is 10.5. The number of nitrogens with one attached hydrogen (secondary N) is 1. The summed E-state index contributed by atoms with van der Waals surface area (Å²) in [6, 6.07) is -0.0156. The van der Waals surface area contributed by atoms with Gasteiger partial charge < -0.3 is 4.74 Å². The van der Waals surface area contributed by atoms with Crippen molar-refractivity contribution in [3.05, 3.63) is 26.7 Å². The SMILES string of the molecule is CCOc1ncc([N+](=O)[O-])c(=O)[nH]1. The Hall–Kier alpha value is -1.92. The van der Waals surface area contributed by atoms with Crippen LogP contribution in [-0.4, -0.2) is 21.5 Å². The van der Waals surface area contributed by atoms with Crippen LogP contribution in [0.5, 0.6) is 6.01 Å². The Bertz CT molecular complexity index is 372. The number of hydrogen-bond donors (Lipinski definition) is 1. The number of hydrogen-bond acceptors (Lipinski definition) is 5. The molecule has 0 aliphatic heterocycles. The fourth-order valence-electron chi connectivity index (χ4n) is 0.712. The lowest BCUT2D eigenvalue weighted by Gasteiger charge is -1.98. The molecule has 1 N–H and O–H groups in total. The first-order valence-corrected chi connectivity index (χ1v) is 3.51. The highest BCUT2D eigenvalue weighted by Crippen LogP contribution is 2.03. The summed E-state index contributed by atoms with van der Waals surface area (Å²) in [5.41, 5.74) is -1.41. The lowest BCUT2D eigenvalue weighted by molar-refractivity contribution is -0.386. The number of rotatable bonds is 3. The predicted octanol–water partition coefficient (Wildman–Crippen LogP) is 0.0768. The van der Waals surface area contributed by atoms with Crippen molar-refractivity contribution in [3.63, 3.8) is 0 Å². The highest BCUT2D eigenvalue weighted by molar-refractivity contribution is 5.22. The molecule has 0 aliphatic rings. The summed E-state index contributed by atoms with van der Waals surface area (Å²) in [4.78, 5) is 26.0. The largest absolute Gasteiger partial charge is 0.465 e. The Morgan fingerprint density at radius 3 is 2.92 bits per heavy atom. The number of H-pyrrole nitrogens is 1. The van der Waals surface area contributed by atoms with Gasteiger partial charge in [0.1, 0.15) is 6.20 Å². The van der Waals surface area contributed by atoms with Crippen LogP contribution in [0, 0.1) is 10.1 Å². The summed E-state index contributed by atoms with van der Waals surface area (Å²) in [7, 11) is 0. The molecule has 70 valence electrons. The summed E-state index contributed by atoms with van der Waals surface area (Å²) in [6.45, 7) is 2.04. The van der Waals surface area contributed by atoms with Crippen molar-refractivity contribution in [1.29, 1.82) is 0 Å². The third-order valence-corrected chi connectivity index (χ3v) is 1.23. The van der Waals surface area contributed by atoms with E-state index in [1.54, 1.807) is 6.92 Å². The van der Waals surface area contributed by atoms with Crippen LogP contribution < -0.4 is 10.3 Å². The third-order valence-electron chi connectivity index (χ3n) is 1.23. The first-order valence-electron chi connectivity index (χ1n) is 3.51. The first-order chi connectivity index (χ1) is 6.15. The lowest BCUT2D eigenvalue weighted by Crippen LogP contribution is -2.13. The zero-order valence-electron chi connectivity index (χ0n) is 6.81. The number of nitrogens with zero attached hydrogens (tertiary/aromatic N) is 2. The highest BCUT2D eigenvalue weighted by Gasteiger charge is 2.12. The molecule has 13 heavy (non-hydrogen) atoms. The minimum Gasteiger partial charge on any atom is -0.465 e. The molecule has 0 fully saturated rings. The molecule has 7 nitrogen and oxygen atoms in total. The molecule has 0 saturated heterocycles. The summed E-state index contributed by atoms with van der Waals surface area (Å²) >= 11 is 0. The van der Waals surface area contributed by atoms with Crippen molar-refractivity contribution in [1.82, 2.24) is 9.97 Å². The maximum atomic E-state index is 10.9. The van der Waals surface area contributed by atoms with E-state index in [9.17, 15) is 14.9 Å². The molecular formula is C6H7N3O4. The van der Waals surface area contributed by atoms with E-state index in [4.69, 9.17) is 4.74 Å². The van der Waals surface area contributed by atoms with Gasteiger partial charge in [0.05, 0.1) is 11.5 Å². The molecule has 1 aromatic heterocycles. The third kappa shape index (κ3) is 2.01. The molecule has 0 spiro atoms. The molecule has 0 radical (unpaired) electrons. The maximum absolute atomic E-state index is 10.9. The van der Waals surface area contributed by atoms with Crippen molar-refractivity contribution in [2.45, 2.75) is 6.92 Å². The van der Waals surface area contributed by atoms with E-state index in [0.717, 1.165) is 6.20 Å². The van der Waals surface area contributed by atoms with Gasteiger partial charge in [-0.25, -0.2) is 0 Å². The van der Waals surface area contributed by atoms with Crippen LogP contribution >= 0.6 is 0 Å².